The molecule has 0 fully saturated rings. The van der Waals surface area contributed by atoms with Crippen LogP contribution in [0.3, 0.4) is 0 Å². The summed E-state index contributed by atoms with van der Waals surface area (Å²) in [6, 6.07) is 9.82. The third-order valence-electron chi connectivity index (χ3n) is 1.31. The van der Waals surface area contributed by atoms with E-state index < -0.39 is 0 Å². The minimum Gasteiger partial charge on any atom is -0.198 e. The predicted molar refractivity (Wildman–Crippen MR) is 40.2 cm³/mol. The third kappa shape index (κ3) is 1.60. The van der Waals surface area contributed by atoms with Gasteiger partial charge in [0.05, 0.1) is 12.5 Å². The van der Waals surface area contributed by atoms with Crippen LogP contribution in [-0.2, 0) is 0 Å². The number of nitrogens with zero attached hydrogens (tertiary/aromatic N) is 1. The minimum atomic E-state index is 0.966. The fourth-order valence-corrected chi connectivity index (χ4v) is 0.737. The molecule has 0 aliphatic rings. The lowest BCUT2D eigenvalue weighted by Gasteiger charge is -1.92. The number of aryl methyl sites for hydroxylation is 1. The fourth-order valence-electron chi connectivity index (χ4n) is 0.737. The summed E-state index contributed by atoms with van der Waals surface area (Å²) in [6.07, 6.45) is 1.53. The van der Waals surface area contributed by atoms with E-state index in [1.807, 2.05) is 37.3 Å². The van der Waals surface area contributed by atoms with Gasteiger partial charge in [-0.25, -0.2) is 0 Å². The quantitative estimate of drug-likeness (QED) is 0.571. The van der Waals surface area contributed by atoms with E-state index in [1.165, 1.54) is 12.0 Å². The molecule has 0 bridgehead atoms. The van der Waals surface area contributed by atoms with E-state index in [0.29, 0.717) is 0 Å². The van der Waals surface area contributed by atoms with Crippen LogP contribution >= 0.6 is 0 Å². The molecule has 1 aromatic carbocycles. The predicted octanol–water partition coefficient (Wildman–Crippen LogP) is 2.07. The molecule has 0 unspecified atom stereocenters. The van der Waals surface area contributed by atoms with Gasteiger partial charge in [-0.15, -0.1) is 0 Å². The van der Waals surface area contributed by atoms with Crippen LogP contribution in [0.15, 0.2) is 24.3 Å². The molecule has 0 aliphatic heterocycles. The van der Waals surface area contributed by atoms with Crippen LogP contribution in [0.4, 0.5) is 0 Å². The van der Waals surface area contributed by atoms with Gasteiger partial charge in [-0.05, 0) is 12.5 Å². The Balaban J connectivity index is 2.81. The molecule has 1 nitrogen and oxygen atoms in total. The molecule has 0 amide bonds. The van der Waals surface area contributed by atoms with Gasteiger partial charge in [0.25, 0.3) is 0 Å². The van der Waals surface area contributed by atoms with Crippen molar-refractivity contribution < 1.29 is 0 Å². The number of rotatable bonds is 1. The zero-order valence-electron chi connectivity index (χ0n) is 5.83. The highest BCUT2D eigenvalue weighted by molar-refractivity contribution is 5.31. The van der Waals surface area contributed by atoms with Gasteiger partial charge in [-0.3, -0.25) is 0 Å². The van der Waals surface area contributed by atoms with Gasteiger partial charge in [0.2, 0.25) is 0 Å². The van der Waals surface area contributed by atoms with Crippen molar-refractivity contribution in [1.29, 1.82) is 5.26 Å². The monoisotopic (exact) mass is 130 g/mol. The summed E-state index contributed by atoms with van der Waals surface area (Å²) < 4.78 is 0. The molecule has 0 aliphatic carbocycles. The highest BCUT2D eigenvalue weighted by Gasteiger charge is 1.88. The first-order valence-corrected chi connectivity index (χ1v) is 3.12. The van der Waals surface area contributed by atoms with Gasteiger partial charge < -0.3 is 0 Å². The van der Waals surface area contributed by atoms with Gasteiger partial charge in [0, 0.05) is 0 Å². The normalized spacial score (nSPS) is 8.80. The van der Waals surface area contributed by atoms with Crippen molar-refractivity contribution in [2.75, 3.05) is 0 Å². The molecule has 0 spiro atoms. The summed E-state index contributed by atoms with van der Waals surface area (Å²) in [7, 11) is 0. The Morgan fingerprint density at radius 2 is 1.90 bits per heavy atom. The molecule has 10 heavy (non-hydrogen) atoms. The van der Waals surface area contributed by atoms with Crippen molar-refractivity contribution >= 4 is 0 Å². The molecule has 1 rings (SSSR count). The first kappa shape index (κ1) is 6.82. The number of nitriles is 1. The summed E-state index contributed by atoms with van der Waals surface area (Å²) in [6.45, 7) is 2.02. The Bertz CT molecular complexity index is 240. The molecule has 0 saturated heterocycles. The van der Waals surface area contributed by atoms with E-state index in [2.05, 4.69) is 0 Å². The molecule has 0 atom stereocenters. The molecule has 0 heterocycles. The standard InChI is InChI=1S/C9H8N/c1-8-2-4-9(5-3-8)6-7-10/h2-6H,1H3. The second kappa shape index (κ2) is 3.03. The lowest BCUT2D eigenvalue weighted by atomic mass is 10.1. The van der Waals surface area contributed by atoms with Crippen LogP contribution in [0.1, 0.15) is 11.1 Å². The summed E-state index contributed by atoms with van der Waals surface area (Å²) in [4.78, 5) is 0. The summed E-state index contributed by atoms with van der Waals surface area (Å²) >= 11 is 0. The fraction of sp³-hybridized carbons (Fsp3) is 0.111. The van der Waals surface area contributed by atoms with E-state index in [1.54, 1.807) is 0 Å². The third-order valence-corrected chi connectivity index (χ3v) is 1.31. The van der Waals surface area contributed by atoms with Crippen molar-refractivity contribution in [3.05, 3.63) is 41.8 Å². The highest BCUT2D eigenvalue weighted by atomic mass is 14.2. The smallest absolute Gasteiger partial charge is 0.0911 e. The van der Waals surface area contributed by atoms with E-state index in [9.17, 15) is 0 Å². The maximum Gasteiger partial charge on any atom is 0.0911 e. The van der Waals surface area contributed by atoms with Crippen LogP contribution < -0.4 is 0 Å². The molecular weight excluding hydrogens is 122 g/mol. The summed E-state index contributed by atoms with van der Waals surface area (Å²) in [5, 5.41) is 8.28. The largest absolute Gasteiger partial charge is 0.198 e. The Kier molecular flexibility index (Phi) is 2.07. The summed E-state index contributed by atoms with van der Waals surface area (Å²) in [5.41, 5.74) is 2.18. The van der Waals surface area contributed by atoms with Crippen LogP contribution in [0, 0.1) is 24.7 Å². The van der Waals surface area contributed by atoms with E-state index in [-0.39, 0.29) is 0 Å². The molecule has 0 saturated carbocycles. The van der Waals surface area contributed by atoms with Crippen LogP contribution in [0.2, 0.25) is 0 Å². The molecular formula is C9H8N. The number of hydrogen-bond donors (Lipinski definition) is 0. The van der Waals surface area contributed by atoms with Crippen LogP contribution in [0.25, 0.3) is 0 Å². The van der Waals surface area contributed by atoms with E-state index in [0.717, 1.165) is 5.56 Å². The second-order valence-corrected chi connectivity index (χ2v) is 2.18. The minimum absolute atomic E-state index is 0.966. The molecule has 1 heteroatoms. The zero-order chi connectivity index (χ0) is 7.40. The van der Waals surface area contributed by atoms with Crippen LogP contribution in [0.5, 0.6) is 0 Å². The SMILES string of the molecule is Cc1ccc([CH]C#N)cc1. The summed E-state index contributed by atoms with van der Waals surface area (Å²) in [5.74, 6) is 0. The Morgan fingerprint density at radius 3 is 2.40 bits per heavy atom. The van der Waals surface area contributed by atoms with Crippen molar-refractivity contribution in [2.45, 2.75) is 6.92 Å². The first-order chi connectivity index (χ1) is 4.83. The number of hydrogen-bond acceptors (Lipinski definition) is 1. The highest BCUT2D eigenvalue weighted by Crippen LogP contribution is 2.03. The average molecular weight is 130 g/mol. The topological polar surface area (TPSA) is 23.8 Å². The van der Waals surface area contributed by atoms with Gasteiger partial charge in [-0.2, -0.15) is 5.26 Å². The Labute approximate surface area is 60.9 Å². The van der Waals surface area contributed by atoms with Gasteiger partial charge in [-0.1, -0.05) is 29.8 Å². The molecule has 0 aromatic heterocycles. The van der Waals surface area contributed by atoms with E-state index in [4.69, 9.17) is 5.26 Å². The molecule has 1 radical (unpaired) electrons. The van der Waals surface area contributed by atoms with Gasteiger partial charge in [0.15, 0.2) is 0 Å². The maximum absolute atomic E-state index is 8.28. The molecule has 0 N–H and O–H groups in total. The van der Waals surface area contributed by atoms with Crippen molar-refractivity contribution in [3.8, 4) is 6.07 Å². The lowest BCUT2D eigenvalue weighted by Crippen LogP contribution is -1.77. The number of benzene rings is 1. The van der Waals surface area contributed by atoms with E-state index >= 15 is 0 Å². The lowest BCUT2D eigenvalue weighted by molar-refractivity contribution is 1.41. The molecule has 49 valence electrons. The van der Waals surface area contributed by atoms with Crippen molar-refractivity contribution in [1.82, 2.24) is 0 Å². The van der Waals surface area contributed by atoms with Gasteiger partial charge >= 0.3 is 0 Å². The van der Waals surface area contributed by atoms with Gasteiger partial charge in [0.1, 0.15) is 0 Å². The van der Waals surface area contributed by atoms with Crippen LogP contribution in [-0.4, -0.2) is 0 Å². The van der Waals surface area contributed by atoms with Crippen molar-refractivity contribution in [2.24, 2.45) is 0 Å². The maximum atomic E-state index is 8.28. The molecule has 1 aromatic rings. The van der Waals surface area contributed by atoms with Crippen molar-refractivity contribution in [3.63, 3.8) is 0 Å². The average Bonchev–Trinajstić information content (AvgIpc) is 1.95. The Morgan fingerprint density at radius 1 is 1.30 bits per heavy atom. The first-order valence-electron chi connectivity index (χ1n) is 3.12. The second-order valence-electron chi connectivity index (χ2n) is 2.18. The zero-order valence-corrected chi connectivity index (χ0v) is 5.83. The Hall–Kier alpha value is -1.29.